The van der Waals surface area contributed by atoms with E-state index in [1.807, 2.05) is 11.3 Å². The van der Waals surface area contributed by atoms with Crippen molar-refractivity contribution in [3.63, 3.8) is 0 Å². The van der Waals surface area contributed by atoms with E-state index in [0.717, 1.165) is 5.92 Å². The molecule has 134 valence electrons. The molecule has 1 saturated carbocycles. The minimum absolute atomic E-state index is 0.750. The van der Waals surface area contributed by atoms with Gasteiger partial charge in [0.15, 0.2) is 0 Å². The summed E-state index contributed by atoms with van der Waals surface area (Å²) in [6, 6.07) is 20.7. The second kappa shape index (κ2) is 5.84. The molecule has 0 saturated heterocycles. The van der Waals surface area contributed by atoms with Crippen LogP contribution in [0.3, 0.4) is 0 Å². The SMILES string of the molecule is Cn1c2ccc(C3CCCCC3)cc2c2c3sc4ccccc4c3ccc21. The Labute approximate surface area is 163 Å². The van der Waals surface area contributed by atoms with Gasteiger partial charge in [0.25, 0.3) is 0 Å². The zero-order chi connectivity index (χ0) is 18.0. The lowest BCUT2D eigenvalue weighted by Gasteiger charge is -2.22. The van der Waals surface area contributed by atoms with E-state index in [1.165, 1.54) is 74.1 Å². The molecular formula is C25H23NS. The number of aryl methyl sites for hydroxylation is 1. The van der Waals surface area contributed by atoms with Gasteiger partial charge in [-0.15, -0.1) is 11.3 Å². The van der Waals surface area contributed by atoms with E-state index in [2.05, 4.69) is 66.2 Å². The van der Waals surface area contributed by atoms with Crippen molar-refractivity contribution in [2.75, 3.05) is 0 Å². The molecule has 0 radical (unpaired) electrons. The van der Waals surface area contributed by atoms with Gasteiger partial charge >= 0.3 is 0 Å². The van der Waals surface area contributed by atoms with Crippen LogP contribution in [-0.4, -0.2) is 4.57 Å². The van der Waals surface area contributed by atoms with Crippen LogP contribution in [-0.2, 0) is 7.05 Å². The van der Waals surface area contributed by atoms with E-state index in [1.54, 1.807) is 5.56 Å². The number of thiophene rings is 1. The summed E-state index contributed by atoms with van der Waals surface area (Å²) in [7, 11) is 2.21. The van der Waals surface area contributed by atoms with Crippen LogP contribution in [0.5, 0.6) is 0 Å². The van der Waals surface area contributed by atoms with Gasteiger partial charge in [0, 0.05) is 43.5 Å². The smallest absolute Gasteiger partial charge is 0.0503 e. The molecular weight excluding hydrogens is 346 g/mol. The number of benzene rings is 3. The first-order valence-corrected chi connectivity index (χ1v) is 11.0. The fourth-order valence-corrected chi connectivity index (χ4v) is 6.44. The maximum Gasteiger partial charge on any atom is 0.0503 e. The number of rotatable bonds is 1. The van der Waals surface area contributed by atoms with E-state index in [9.17, 15) is 0 Å². The molecule has 0 spiro atoms. The lowest BCUT2D eigenvalue weighted by molar-refractivity contribution is 0.444. The Balaban J connectivity index is 1.71. The van der Waals surface area contributed by atoms with Crippen LogP contribution < -0.4 is 0 Å². The second-order valence-electron chi connectivity index (χ2n) is 8.11. The van der Waals surface area contributed by atoms with Gasteiger partial charge in [-0.25, -0.2) is 0 Å². The Morgan fingerprint density at radius 3 is 2.52 bits per heavy atom. The summed E-state index contributed by atoms with van der Waals surface area (Å²) in [5.74, 6) is 0.750. The van der Waals surface area contributed by atoms with Crippen LogP contribution in [0.15, 0.2) is 54.6 Å². The molecule has 0 unspecified atom stereocenters. The zero-order valence-electron chi connectivity index (χ0n) is 15.7. The fourth-order valence-electron chi connectivity index (χ4n) is 5.18. The normalized spacial score (nSPS) is 16.2. The summed E-state index contributed by atoms with van der Waals surface area (Å²) < 4.78 is 5.21. The Morgan fingerprint density at radius 2 is 1.63 bits per heavy atom. The van der Waals surface area contributed by atoms with Crippen molar-refractivity contribution in [3.8, 4) is 0 Å². The monoisotopic (exact) mass is 369 g/mol. The van der Waals surface area contributed by atoms with Crippen LogP contribution in [0, 0.1) is 0 Å². The van der Waals surface area contributed by atoms with Crippen molar-refractivity contribution in [2.45, 2.75) is 38.0 Å². The van der Waals surface area contributed by atoms with Crippen LogP contribution in [0.2, 0.25) is 0 Å². The van der Waals surface area contributed by atoms with Crippen LogP contribution >= 0.6 is 11.3 Å². The van der Waals surface area contributed by atoms with Crippen molar-refractivity contribution in [1.29, 1.82) is 0 Å². The molecule has 3 aromatic carbocycles. The molecule has 0 amide bonds. The molecule has 5 aromatic rings. The Hall–Kier alpha value is -2.32. The third-order valence-corrected chi connectivity index (χ3v) is 7.82. The topological polar surface area (TPSA) is 4.93 Å². The first kappa shape index (κ1) is 15.7. The molecule has 1 aliphatic carbocycles. The predicted molar refractivity (Wildman–Crippen MR) is 119 cm³/mol. The minimum Gasteiger partial charge on any atom is -0.344 e. The summed E-state index contributed by atoms with van der Waals surface area (Å²) in [4.78, 5) is 0. The Morgan fingerprint density at radius 1 is 0.815 bits per heavy atom. The van der Waals surface area contributed by atoms with Gasteiger partial charge in [-0.05, 0) is 48.6 Å². The van der Waals surface area contributed by atoms with Gasteiger partial charge < -0.3 is 4.57 Å². The molecule has 1 fully saturated rings. The average molecular weight is 370 g/mol. The summed E-state index contributed by atoms with van der Waals surface area (Å²) in [6.45, 7) is 0. The molecule has 2 aromatic heterocycles. The van der Waals surface area contributed by atoms with E-state index in [0.29, 0.717) is 0 Å². The first-order chi connectivity index (χ1) is 13.3. The minimum atomic E-state index is 0.750. The quantitative estimate of drug-likeness (QED) is 0.285. The third-order valence-electron chi connectivity index (χ3n) is 6.61. The standard InChI is InChI=1S/C25H23NS/c1-26-21-13-11-17(16-7-3-2-4-8-16)15-20(21)24-22(26)14-12-19-18-9-5-6-10-23(18)27-25(19)24/h5-6,9-16H,2-4,7-8H2,1H3. The molecule has 0 bridgehead atoms. The van der Waals surface area contributed by atoms with Crippen LogP contribution in [0.25, 0.3) is 42.0 Å². The number of hydrogen-bond acceptors (Lipinski definition) is 1. The molecule has 2 heteroatoms. The highest BCUT2D eigenvalue weighted by Crippen LogP contribution is 2.43. The molecule has 2 heterocycles. The van der Waals surface area contributed by atoms with Gasteiger partial charge in [0.2, 0.25) is 0 Å². The summed E-state index contributed by atoms with van der Waals surface area (Å²) in [5.41, 5.74) is 4.26. The molecule has 6 rings (SSSR count). The average Bonchev–Trinajstić information content (AvgIpc) is 3.24. The third kappa shape index (κ3) is 2.23. The molecule has 1 aliphatic rings. The number of nitrogens with zero attached hydrogens (tertiary/aromatic N) is 1. The van der Waals surface area contributed by atoms with Gasteiger partial charge in [0.1, 0.15) is 0 Å². The summed E-state index contributed by atoms with van der Waals surface area (Å²) in [6.07, 6.45) is 6.90. The van der Waals surface area contributed by atoms with E-state index in [-0.39, 0.29) is 0 Å². The van der Waals surface area contributed by atoms with E-state index in [4.69, 9.17) is 0 Å². The molecule has 27 heavy (non-hydrogen) atoms. The lowest BCUT2D eigenvalue weighted by atomic mass is 9.84. The van der Waals surface area contributed by atoms with Crippen LogP contribution in [0.4, 0.5) is 0 Å². The zero-order valence-corrected chi connectivity index (χ0v) is 16.5. The van der Waals surface area contributed by atoms with E-state index < -0.39 is 0 Å². The number of hydrogen-bond donors (Lipinski definition) is 0. The Kier molecular flexibility index (Phi) is 3.40. The van der Waals surface area contributed by atoms with Crippen molar-refractivity contribution < 1.29 is 0 Å². The van der Waals surface area contributed by atoms with Crippen LogP contribution in [0.1, 0.15) is 43.6 Å². The van der Waals surface area contributed by atoms with Crippen molar-refractivity contribution >= 4 is 53.3 Å². The van der Waals surface area contributed by atoms with Crippen molar-refractivity contribution in [3.05, 3.63) is 60.2 Å². The highest BCUT2D eigenvalue weighted by molar-refractivity contribution is 7.26. The van der Waals surface area contributed by atoms with Crippen molar-refractivity contribution in [1.82, 2.24) is 4.57 Å². The molecule has 1 nitrogen and oxygen atoms in total. The fraction of sp³-hybridized carbons (Fsp3) is 0.280. The first-order valence-electron chi connectivity index (χ1n) is 10.1. The van der Waals surface area contributed by atoms with Gasteiger partial charge in [-0.3, -0.25) is 0 Å². The maximum absolute atomic E-state index is 2.51. The van der Waals surface area contributed by atoms with Gasteiger partial charge in [-0.1, -0.05) is 49.6 Å². The number of aromatic nitrogens is 1. The number of fused-ring (bicyclic) bond motifs is 7. The highest BCUT2D eigenvalue weighted by atomic mass is 32.1. The predicted octanol–water partition coefficient (Wildman–Crippen LogP) is 7.75. The summed E-state index contributed by atoms with van der Waals surface area (Å²) >= 11 is 1.95. The highest BCUT2D eigenvalue weighted by Gasteiger charge is 2.19. The van der Waals surface area contributed by atoms with Crippen molar-refractivity contribution in [2.24, 2.45) is 7.05 Å². The summed E-state index contributed by atoms with van der Waals surface area (Å²) in [5, 5.41) is 5.68. The van der Waals surface area contributed by atoms with E-state index >= 15 is 0 Å². The van der Waals surface area contributed by atoms with Gasteiger partial charge in [0.05, 0.1) is 5.52 Å². The molecule has 0 N–H and O–H groups in total. The lowest BCUT2D eigenvalue weighted by Crippen LogP contribution is -2.04. The molecule has 0 aliphatic heterocycles. The maximum atomic E-state index is 2.51. The Bertz CT molecular complexity index is 1310. The second-order valence-corrected chi connectivity index (χ2v) is 9.16. The molecule has 0 atom stereocenters. The largest absolute Gasteiger partial charge is 0.344 e. The van der Waals surface area contributed by atoms with Gasteiger partial charge in [-0.2, -0.15) is 0 Å².